The molecule has 0 fully saturated rings. The lowest BCUT2D eigenvalue weighted by Crippen LogP contribution is -2.37. The lowest BCUT2D eigenvalue weighted by Gasteiger charge is -2.32. The van der Waals surface area contributed by atoms with E-state index < -0.39 is 5.97 Å². The molecule has 0 radical (unpaired) electrons. The maximum atomic E-state index is 10.9. The molecule has 0 atom stereocenters. The van der Waals surface area contributed by atoms with Gasteiger partial charge in [0.05, 0.1) is 5.56 Å². The van der Waals surface area contributed by atoms with Crippen LogP contribution in [0.3, 0.4) is 0 Å². The summed E-state index contributed by atoms with van der Waals surface area (Å²) in [5.74, 6) is -1.34. The summed E-state index contributed by atoms with van der Waals surface area (Å²) in [5, 5.41) is 0. The Kier molecular flexibility index (Phi) is 6.57. The predicted molar refractivity (Wildman–Crippen MR) is 73.9 cm³/mol. The van der Waals surface area contributed by atoms with Crippen molar-refractivity contribution in [3.8, 4) is 0 Å². The van der Waals surface area contributed by atoms with Crippen molar-refractivity contribution in [2.24, 2.45) is 0 Å². The summed E-state index contributed by atoms with van der Waals surface area (Å²) in [4.78, 5) is 15.0. The van der Waals surface area contributed by atoms with Crippen molar-refractivity contribution in [1.29, 1.82) is 0 Å². The number of aromatic nitrogens is 1. The number of ether oxygens (including phenoxy) is 3. The number of halogens is 1. The van der Waals surface area contributed by atoms with Crippen LogP contribution >= 0.6 is 15.9 Å². The second-order valence-corrected chi connectivity index (χ2v) is 4.33. The smallest absolute Gasteiger partial charge is 0.314 e. The van der Waals surface area contributed by atoms with Crippen molar-refractivity contribution in [2.45, 2.75) is 26.7 Å². The summed E-state index contributed by atoms with van der Waals surface area (Å²) >= 11 is 3.34. The first kappa shape index (κ1) is 16.2. The van der Waals surface area contributed by atoms with Crippen molar-refractivity contribution < 1.29 is 19.0 Å². The van der Waals surface area contributed by atoms with E-state index in [0.29, 0.717) is 35.6 Å². The third-order valence-corrected chi connectivity index (χ3v) is 2.96. The molecule has 106 valence electrons. The fraction of sp³-hybridized carbons (Fsp3) is 0.538. The Balaban J connectivity index is 3.31. The molecule has 0 N–H and O–H groups in total. The highest BCUT2D eigenvalue weighted by Gasteiger charge is 2.38. The number of carbonyl (C=O) groups excluding carboxylic acids is 1. The Morgan fingerprint density at radius 2 is 1.74 bits per heavy atom. The standard InChI is InChI=1S/C13H18BrNO4/c1-4-17-13(18-5-2,19-6-3)11-7-10(9-16)8-15-12(11)14/h7-9H,4-6H2,1-3H3. The van der Waals surface area contributed by atoms with Gasteiger partial charge in [0.1, 0.15) is 4.60 Å². The van der Waals surface area contributed by atoms with Gasteiger partial charge in [0.25, 0.3) is 0 Å². The molecule has 0 aliphatic carbocycles. The molecule has 1 heterocycles. The normalized spacial score (nSPS) is 11.6. The van der Waals surface area contributed by atoms with Crippen LogP contribution in [0.5, 0.6) is 0 Å². The lowest BCUT2D eigenvalue weighted by atomic mass is 10.2. The molecule has 1 rings (SSSR count). The maximum absolute atomic E-state index is 10.9. The van der Waals surface area contributed by atoms with Gasteiger partial charge < -0.3 is 14.2 Å². The topological polar surface area (TPSA) is 57.7 Å². The Morgan fingerprint density at radius 3 is 2.16 bits per heavy atom. The Morgan fingerprint density at radius 1 is 1.21 bits per heavy atom. The summed E-state index contributed by atoms with van der Waals surface area (Å²) in [6, 6.07) is 1.64. The van der Waals surface area contributed by atoms with Gasteiger partial charge in [-0.2, -0.15) is 0 Å². The van der Waals surface area contributed by atoms with E-state index in [0.717, 1.165) is 6.29 Å². The van der Waals surface area contributed by atoms with Crippen LogP contribution < -0.4 is 0 Å². The number of aldehydes is 1. The molecule has 6 heteroatoms. The summed E-state index contributed by atoms with van der Waals surface area (Å²) in [5.41, 5.74) is 0.976. The van der Waals surface area contributed by atoms with E-state index in [1.54, 1.807) is 6.07 Å². The maximum Gasteiger partial charge on any atom is 0.314 e. The van der Waals surface area contributed by atoms with Crippen LogP contribution in [0.1, 0.15) is 36.7 Å². The molecule has 19 heavy (non-hydrogen) atoms. The molecule has 0 spiro atoms. The molecule has 0 saturated heterocycles. The minimum Gasteiger partial charge on any atom is -0.324 e. The van der Waals surface area contributed by atoms with Crippen LogP contribution in [-0.2, 0) is 20.2 Å². The summed E-state index contributed by atoms with van der Waals surface area (Å²) < 4.78 is 17.5. The highest BCUT2D eigenvalue weighted by atomic mass is 79.9. The quantitative estimate of drug-likeness (QED) is 0.416. The third-order valence-electron chi connectivity index (χ3n) is 2.33. The van der Waals surface area contributed by atoms with Gasteiger partial charge in [-0.3, -0.25) is 4.79 Å². The molecule has 5 nitrogen and oxygen atoms in total. The van der Waals surface area contributed by atoms with Gasteiger partial charge in [0.2, 0.25) is 0 Å². The second-order valence-electron chi connectivity index (χ2n) is 3.58. The zero-order chi connectivity index (χ0) is 14.3. The Hall–Kier alpha value is -0.820. The number of pyridine rings is 1. The van der Waals surface area contributed by atoms with E-state index in [-0.39, 0.29) is 0 Å². The van der Waals surface area contributed by atoms with Crippen LogP contribution in [-0.4, -0.2) is 31.1 Å². The summed E-state index contributed by atoms with van der Waals surface area (Å²) in [6.07, 6.45) is 2.19. The van der Waals surface area contributed by atoms with Crippen molar-refractivity contribution in [3.05, 3.63) is 28.0 Å². The Labute approximate surface area is 121 Å². The van der Waals surface area contributed by atoms with Crippen LogP contribution in [0.25, 0.3) is 0 Å². The van der Waals surface area contributed by atoms with Gasteiger partial charge in [-0.1, -0.05) is 0 Å². The van der Waals surface area contributed by atoms with Crippen molar-refractivity contribution in [3.63, 3.8) is 0 Å². The highest BCUT2D eigenvalue weighted by molar-refractivity contribution is 9.10. The Bertz CT molecular complexity index is 408. The zero-order valence-corrected chi connectivity index (χ0v) is 12.9. The van der Waals surface area contributed by atoms with Crippen molar-refractivity contribution in [1.82, 2.24) is 4.98 Å². The van der Waals surface area contributed by atoms with E-state index in [2.05, 4.69) is 20.9 Å². The second kappa shape index (κ2) is 7.69. The van der Waals surface area contributed by atoms with Gasteiger partial charge in [0.15, 0.2) is 6.29 Å². The molecular weight excluding hydrogens is 314 g/mol. The molecule has 0 amide bonds. The fourth-order valence-corrected chi connectivity index (χ4v) is 2.13. The average molecular weight is 332 g/mol. The number of hydrogen-bond acceptors (Lipinski definition) is 5. The fourth-order valence-electron chi connectivity index (χ4n) is 1.67. The first-order chi connectivity index (χ1) is 9.13. The minimum absolute atomic E-state index is 0.401. The zero-order valence-electron chi connectivity index (χ0n) is 11.3. The van der Waals surface area contributed by atoms with Gasteiger partial charge in [-0.05, 0) is 42.8 Å². The van der Waals surface area contributed by atoms with Crippen molar-refractivity contribution >= 4 is 22.2 Å². The molecular formula is C13H18BrNO4. The molecule has 0 aromatic carbocycles. The summed E-state index contributed by atoms with van der Waals surface area (Å²) in [6.45, 7) is 6.74. The number of nitrogens with zero attached hydrogens (tertiary/aromatic N) is 1. The monoisotopic (exact) mass is 331 g/mol. The predicted octanol–water partition coefficient (Wildman–Crippen LogP) is 2.88. The van der Waals surface area contributed by atoms with E-state index >= 15 is 0 Å². The highest BCUT2D eigenvalue weighted by Crippen LogP contribution is 2.33. The number of rotatable bonds is 8. The van der Waals surface area contributed by atoms with Crippen LogP contribution in [0.2, 0.25) is 0 Å². The van der Waals surface area contributed by atoms with E-state index in [1.807, 2.05) is 20.8 Å². The minimum atomic E-state index is -1.34. The van der Waals surface area contributed by atoms with Gasteiger partial charge in [-0.25, -0.2) is 4.98 Å². The molecule has 0 aliphatic heterocycles. The van der Waals surface area contributed by atoms with Gasteiger partial charge >= 0.3 is 5.97 Å². The van der Waals surface area contributed by atoms with E-state index in [1.165, 1.54) is 6.20 Å². The van der Waals surface area contributed by atoms with Crippen molar-refractivity contribution in [2.75, 3.05) is 19.8 Å². The first-order valence-corrected chi connectivity index (χ1v) is 6.95. The first-order valence-electron chi connectivity index (χ1n) is 6.16. The SMILES string of the molecule is CCOC(OCC)(OCC)c1cc(C=O)cnc1Br. The number of carbonyl (C=O) groups is 1. The van der Waals surface area contributed by atoms with Crippen LogP contribution in [0.15, 0.2) is 16.9 Å². The van der Waals surface area contributed by atoms with E-state index in [4.69, 9.17) is 14.2 Å². The molecule has 1 aromatic rings. The average Bonchev–Trinajstić information content (AvgIpc) is 2.40. The third kappa shape index (κ3) is 3.82. The largest absolute Gasteiger partial charge is 0.324 e. The molecule has 1 aromatic heterocycles. The molecule has 0 aliphatic rings. The lowest BCUT2D eigenvalue weighted by molar-refractivity contribution is -0.390. The molecule has 0 saturated carbocycles. The number of hydrogen-bond donors (Lipinski definition) is 0. The van der Waals surface area contributed by atoms with Gasteiger partial charge in [0, 0.05) is 31.6 Å². The molecule has 0 unspecified atom stereocenters. The molecule has 0 bridgehead atoms. The van der Waals surface area contributed by atoms with E-state index in [9.17, 15) is 4.79 Å². The van der Waals surface area contributed by atoms with Gasteiger partial charge in [-0.15, -0.1) is 0 Å². The van der Waals surface area contributed by atoms with Crippen LogP contribution in [0, 0.1) is 0 Å². The summed E-state index contributed by atoms with van der Waals surface area (Å²) in [7, 11) is 0. The van der Waals surface area contributed by atoms with Crippen LogP contribution in [0.4, 0.5) is 0 Å².